The van der Waals surface area contributed by atoms with Crippen LogP contribution >= 0.6 is 15.9 Å². The molecule has 5 heteroatoms. The van der Waals surface area contributed by atoms with E-state index in [9.17, 15) is 9.90 Å². The van der Waals surface area contributed by atoms with Crippen LogP contribution in [0.5, 0.6) is 0 Å². The molecule has 1 aliphatic rings. The van der Waals surface area contributed by atoms with E-state index in [-0.39, 0.29) is 12.0 Å². The predicted octanol–water partition coefficient (Wildman–Crippen LogP) is 3.53. The maximum Gasteiger partial charge on any atom is 0.410 e. The Morgan fingerprint density at radius 3 is 2.48 bits per heavy atom. The van der Waals surface area contributed by atoms with Crippen LogP contribution in [-0.4, -0.2) is 40.9 Å². The van der Waals surface area contributed by atoms with Gasteiger partial charge in [0.2, 0.25) is 0 Å². The van der Waals surface area contributed by atoms with Gasteiger partial charge in [0.1, 0.15) is 5.60 Å². The summed E-state index contributed by atoms with van der Waals surface area (Å²) in [5.74, 6) is 0.0665. The Kier molecular flexibility index (Phi) is 4.94. The van der Waals surface area contributed by atoms with Gasteiger partial charge in [-0.1, -0.05) is 28.1 Å². The second-order valence-corrected chi connectivity index (χ2v) is 7.36. The van der Waals surface area contributed by atoms with E-state index >= 15 is 0 Å². The summed E-state index contributed by atoms with van der Waals surface area (Å²) in [6.07, 6.45) is -0.176. The zero-order valence-corrected chi connectivity index (χ0v) is 14.3. The Hall–Kier alpha value is -1.07. The number of hydrogen-bond acceptors (Lipinski definition) is 3. The molecular formula is C16H22BrNO3. The number of nitrogens with zero attached hydrogens (tertiary/aromatic N) is 1. The number of carbonyl (C=O) groups is 1. The molecule has 0 saturated carbocycles. The number of piperidine rings is 1. The molecule has 2 atom stereocenters. The lowest BCUT2D eigenvalue weighted by Gasteiger charge is -2.36. The number of likely N-dealkylation sites (tertiary alicyclic amines) is 1. The van der Waals surface area contributed by atoms with Gasteiger partial charge in [0.05, 0.1) is 12.6 Å². The fraction of sp³-hybridized carbons (Fsp3) is 0.562. The van der Waals surface area contributed by atoms with Crippen molar-refractivity contribution in [2.24, 2.45) is 0 Å². The van der Waals surface area contributed by atoms with Crippen LogP contribution in [0.25, 0.3) is 0 Å². The summed E-state index contributed by atoms with van der Waals surface area (Å²) in [6.45, 7) is 6.45. The molecule has 1 heterocycles. The second kappa shape index (κ2) is 6.36. The van der Waals surface area contributed by atoms with E-state index in [1.54, 1.807) is 4.90 Å². The van der Waals surface area contributed by atoms with Crippen LogP contribution in [0.1, 0.15) is 38.7 Å². The highest BCUT2D eigenvalue weighted by atomic mass is 79.9. The number of aliphatic hydroxyl groups excluding tert-OH is 1. The SMILES string of the molecule is CC(C)(C)OC(=O)N1CCC(c2ccc(Br)cc2)C(O)C1. The van der Waals surface area contributed by atoms with Crippen LogP contribution in [0.4, 0.5) is 4.79 Å². The van der Waals surface area contributed by atoms with Crippen molar-refractivity contribution in [3.63, 3.8) is 0 Å². The number of aliphatic hydroxyl groups is 1. The summed E-state index contributed by atoms with van der Waals surface area (Å²) in [6, 6.07) is 7.98. The molecule has 1 amide bonds. The van der Waals surface area contributed by atoms with Crippen LogP contribution in [0, 0.1) is 0 Å². The highest BCUT2D eigenvalue weighted by Crippen LogP contribution is 2.30. The Labute approximate surface area is 134 Å². The number of rotatable bonds is 1. The molecule has 1 N–H and O–H groups in total. The van der Waals surface area contributed by atoms with Crippen LogP contribution < -0.4 is 0 Å². The Morgan fingerprint density at radius 2 is 1.95 bits per heavy atom. The predicted molar refractivity (Wildman–Crippen MR) is 85.3 cm³/mol. The molecule has 0 bridgehead atoms. The van der Waals surface area contributed by atoms with Crippen LogP contribution in [0.3, 0.4) is 0 Å². The third-order valence-electron chi connectivity index (χ3n) is 3.53. The number of ether oxygens (including phenoxy) is 1. The first-order chi connectivity index (χ1) is 9.76. The molecule has 0 spiro atoms. The molecule has 116 valence electrons. The van der Waals surface area contributed by atoms with Gasteiger partial charge in [0.25, 0.3) is 0 Å². The number of hydrogen-bond donors (Lipinski definition) is 1. The van der Waals surface area contributed by atoms with Crippen LogP contribution in [0.2, 0.25) is 0 Å². The van der Waals surface area contributed by atoms with Gasteiger partial charge in [-0.05, 0) is 44.9 Å². The van der Waals surface area contributed by atoms with Gasteiger partial charge in [-0.25, -0.2) is 4.79 Å². The third-order valence-corrected chi connectivity index (χ3v) is 4.06. The van der Waals surface area contributed by atoms with Gasteiger partial charge in [0.15, 0.2) is 0 Å². The largest absolute Gasteiger partial charge is 0.444 e. The molecule has 1 fully saturated rings. The Bertz CT molecular complexity index is 495. The summed E-state index contributed by atoms with van der Waals surface area (Å²) < 4.78 is 6.37. The first-order valence-electron chi connectivity index (χ1n) is 7.18. The molecule has 2 unspecified atom stereocenters. The monoisotopic (exact) mass is 355 g/mol. The minimum atomic E-state index is -0.563. The maximum atomic E-state index is 12.0. The van der Waals surface area contributed by atoms with Crippen molar-refractivity contribution >= 4 is 22.0 Å². The number of carbonyl (C=O) groups excluding carboxylic acids is 1. The first-order valence-corrected chi connectivity index (χ1v) is 7.97. The third kappa shape index (κ3) is 4.45. The first kappa shape index (κ1) is 16.3. The number of β-amino-alcohol motifs (C(OH)–C–C–N with tert-alkyl or cyclic N) is 1. The molecule has 1 aromatic rings. The molecule has 0 aromatic heterocycles. The van der Waals surface area contributed by atoms with Crippen molar-refractivity contribution < 1.29 is 14.6 Å². The van der Waals surface area contributed by atoms with Gasteiger partial charge in [-0.15, -0.1) is 0 Å². The normalized spacial score (nSPS) is 23.0. The van der Waals surface area contributed by atoms with Crippen molar-refractivity contribution in [1.82, 2.24) is 4.90 Å². The summed E-state index contributed by atoms with van der Waals surface area (Å²) in [4.78, 5) is 13.6. The molecule has 1 aromatic carbocycles. The molecule has 0 radical (unpaired) electrons. The van der Waals surface area contributed by atoms with E-state index in [4.69, 9.17) is 4.74 Å². The van der Waals surface area contributed by atoms with Crippen molar-refractivity contribution in [2.45, 2.75) is 44.8 Å². The fourth-order valence-electron chi connectivity index (χ4n) is 2.52. The Balaban J connectivity index is 1.99. The summed E-state index contributed by atoms with van der Waals surface area (Å²) in [5.41, 5.74) is 0.597. The van der Waals surface area contributed by atoms with Gasteiger partial charge in [-0.2, -0.15) is 0 Å². The molecule has 0 aliphatic carbocycles. The minimum Gasteiger partial charge on any atom is -0.444 e. The van der Waals surface area contributed by atoms with Crippen LogP contribution in [-0.2, 0) is 4.74 Å². The second-order valence-electron chi connectivity index (χ2n) is 6.44. The van der Waals surface area contributed by atoms with Crippen molar-refractivity contribution in [3.05, 3.63) is 34.3 Å². The maximum absolute atomic E-state index is 12.0. The number of halogens is 1. The zero-order valence-electron chi connectivity index (χ0n) is 12.7. The molecule has 1 aliphatic heterocycles. The number of benzene rings is 1. The summed E-state index contributed by atoms with van der Waals surface area (Å²) in [5, 5.41) is 10.3. The van der Waals surface area contributed by atoms with E-state index in [2.05, 4.69) is 15.9 Å². The lowest BCUT2D eigenvalue weighted by Crippen LogP contribution is -2.47. The average molecular weight is 356 g/mol. The number of amides is 1. The lowest BCUT2D eigenvalue weighted by molar-refractivity contribution is -0.00151. The van der Waals surface area contributed by atoms with E-state index in [0.29, 0.717) is 13.1 Å². The van der Waals surface area contributed by atoms with Gasteiger partial charge in [-0.3, -0.25) is 0 Å². The quantitative estimate of drug-likeness (QED) is 0.838. The topological polar surface area (TPSA) is 49.8 Å². The van der Waals surface area contributed by atoms with E-state index in [1.165, 1.54) is 0 Å². The van der Waals surface area contributed by atoms with Crippen molar-refractivity contribution in [2.75, 3.05) is 13.1 Å². The fourth-order valence-corrected chi connectivity index (χ4v) is 2.79. The molecule has 1 saturated heterocycles. The minimum absolute atomic E-state index is 0.0665. The standard InChI is InChI=1S/C16H22BrNO3/c1-16(2,3)21-15(20)18-9-8-13(14(19)10-18)11-4-6-12(17)7-5-11/h4-7,13-14,19H,8-10H2,1-3H3. The average Bonchev–Trinajstić information content (AvgIpc) is 2.38. The zero-order chi connectivity index (χ0) is 15.6. The summed E-state index contributed by atoms with van der Waals surface area (Å²) >= 11 is 3.41. The van der Waals surface area contributed by atoms with Crippen molar-refractivity contribution in [1.29, 1.82) is 0 Å². The van der Waals surface area contributed by atoms with E-state index in [0.717, 1.165) is 16.5 Å². The van der Waals surface area contributed by atoms with Crippen LogP contribution in [0.15, 0.2) is 28.7 Å². The highest BCUT2D eigenvalue weighted by molar-refractivity contribution is 9.10. The summed E-state index contributed by atoms with van der Waals surface area (Å²) in [7, 11) is 0. The van der Waals surface area contributed by atoms with Gasteiger partial charge < -0.3 is 14.7 Å². The smallest absolute Gasteiger partial charge is 0.410 e. The molecule has 2 rings (SSSR count). The van der Waals surface area contributed by atoms with E-state index in [1.807, 2.05) is 45.0 Å². The molecule has 4 nitrogen and oxygen atoms in total. The van der Waals surface area contributed by atoms with Crippen molar-refractivity contribution in [3.8, 4) is 0 Å². The Morgan fingerprint density at radius 1 is 1.33 bits per heavy atom. The van der Waals surface area contributed by atoms with Gasteiger partial charge >= 0.3 is 6.09 Å². The van der Waals surface area contributed by atoms with E-state index < -0.39 is 11.7 Å². The highest BCUT2D eigenvalue weighted by Gasteiger charge is 2.33. The lowest BCUT2D eigenvalue weighted by atomic mass is 9.87. The molecule has 21 heavy (non-hydrogen) atoms. The molecular weight excluding hydrogens is 334 g/mol. The van der Waals surface area contributed by atoms with Gasteiger partial charge in [0, 0.05) is 16.9 Å².